The van der Waals surface area contributed by atoms with E-state index in [1.54, 1.807) is 5.32 Å². The minimum atomic E-state index is -4.36. The van der Waals surface area contributed by atoms with Gasteiger partial charge in [-0.15, -0.1) is 0 Å². The quantitative estimate of drug-likeness (QED) is 0.508. The summed E-state index contributed by atoms with van der Waals surface area (Å²) in [7, 11) is 0. The average Bonchev–Trinajstić information content (AvgIpc) is 2.26. The minimum Gasteiger partial charge on any atom is -0.373 e. The van der Waals surface area contributed by atoms with E-state index >= 15 is 0 Å². The Hall–Kier alpha value is -1.93. The Balaban J connectivity index is 2.90. The molecule has 0 amide bonds. The van der Waals surface area contributed by atoms with E-state index in [-0.39, 0.29) is 0 Å². The van der Waals surface area contributed by atoms with Gasteiger partial charge in [0, 0.05) is 12.1 Å². The molecule has 0 aliphatic rings. The van der Waals surface area contributed by atoms with Gasteiger partial charge in [0.25, 0.3) is 5.69 Å². The molecule has 0 radical (unpaired) electrons. The number of nitrogens with zero attached hydrogens (tertiary/aromatic N) is 1. The maximum absolute atomic E-state index is 12.8. The van der Waals surface area contributed by atoms with Crippen molar-refractivity contribution in [2.24, 2.45) is 0 Å². The Bertz CT molecular complexity index is 453. The molecule has 0 saturated heterocycles. The maximum Gasteiger partial charge on any atom is 0.324 e. The van der Waals surface area contributed by atoms with Crippen molar-refractivity contribution in [1.82, 2.24) is 0 Å². The first-order chi connectivity index (χ1) is 8.24. The third kappa shape index (κ3) is 3.28. The van der Waals surface area contributed by atoms with Crippen molar-refractivity contribution in [3.63, 3.8) is 0 Å². The van der Waals surface area contributed by atoms with E-state index in [0.717, 1.165) is 12.1 Å². The number of halogens is 5. The molecule has 18 heavy (non-hydrogen) atoms. The Morgan fingerprint density at radius 2 is 2.00 bits per heavy atom. The number of hydrogen-bond donors (Lipinski definition) is 1. The van der Waals surface area contributed by atoms with Crippen LogP contribution < -0.4 is 5.32 Å². The Labute approximate surface area is 97.6 Å². The molecule has 0 aromatic heterocycles. The van der Waals surface area contributed by atoms with Crippen molar-refractivity contribution in [1.29, 1.82) is 0 Å². The molecule has 0 unspecified atom stereocenters. The Morgan fingerprint density at radius 3 is 2.50 bits per heavy atom. The zero-order chi connectivity index (χ0) is 13.9. The number of nitro benzene ring substituents is 1. The molecule has 9 heteroatoms. The second-order valence-corrected chi connectivity index (χ2v) is 3.33. The second kappa shape index (κ2) is 5.15. The van der Waals surface area contributed by atoms with Crippen LogP contribution in [0.15, 0.2) is 18.2 Å². The van der Waals surface area contributed by atoms with E-state index in [2.05, 4.69) is 0 Å². The molecule has 0 atom stereocenters. The van der Waals surface area contributed by atoms with Crippen LogP contribution in [-0.4, -0.2) is 23.8 Å². The van der Waals surface area contributed by atoms with Crippen LogP contribution in [0.2, 0.25) is 0 Å². The lowest BCUT2D eigenvalue weighted by Crippen LogP contribution is -2.34. The van der Waals surface area contributed by atoms with Gasteiger partial charge in [-0.05, 0) is 6.07 Å². The van der Waals surface area contributed by atoms with Gasteiger partial charge < -0.3 is 5.32 Å². The number of alkyl halides is 4. The lowest BCUT2D eigenvalue weighted by molar-refractivity contribution is -0.384. The topological polar surface area (TPSA) is 55.2 Å². The first-order valence-electron chi connectivity index (χ1n) is 4.58. The third-order valence-electron chi connectivity index (χ3n) is 1.99. The normalized spacial score (nSPS) is 11.7. The summed E-state index contributed by atoms with van der Waals surface area (Å²) in [5.74, 6) is -5.27. The molecule has 0 saturated carbocycles. The van der Waals surface area contributed by atoms with E-state index in [9.17, 15) is 32.1 Å². The van der Waals surface area contributed by atoms with Crippen LogP contribution >= 0.6 is 0 Å². The molecule has 1 aromatic rings. The van der Waals surface area contributed by atoms with Crippen molar-refractivity contribution in [2.45, 2.75) is 12.3 Å². The highest BCUT2D eigenvalue weighted by Crippen LogP contribution is 2.28. The van der Waals surface area contributed by atoms with E-state index < -0.39 is 41.0 Å². The summed E-state index contributed by atoms with van der Waals surface area (Å²) >= 11 is 0. The summed E-state index contributed by atoms with van der Waals surface area (Å²) in [6, 6.07) is 2.09. The fraction of sp³-hybridized carbons (Fsp3) is 0.333. The van der Waals surface area contributed by atoms with Crippen molar-refractivity contribution in [2.75, 3.05) is 11.9 Å². The molecule has 4 nitrogen and oxygen atoms in total. The molecule has 0 bridgehead atoms. The molecule has 0 heterocycles. The molecule has 0 aliphatic heterocycles. The van der Waals surface area contributed by atoms with Gasteiger partial charge in [0.05, 0.1) is 11.5 Å². The molecular weight excluding hydrogens is 263 g/mol. The summed E-state index contributed by atoms with van der Waals surface area (Å²) in [5.41, 5.74) is -1.26. The first-order valence-corrected chi connectivity index (χ1v) is 4.58. The van der Waals surface area contributed by atoms with Gasteiger partial charge in [-0.2, -0.15) is 8.78 Å². The van der Waals surface area contributed by atoms with Gasteiger partial charge in [0.15, 0.2) is 0 Å². The van der Waals surface area contributed by atoms with Crippen LogP contribution in [0.1, 0.15) is 0 Å². The smallest absolute Gasteiger partial charge is 0.324 e. The highest BCUT2D eigenvalue weighted by Gasteiger charge is 2.40. The number of nitrogens with one attached hydrogen (secondary N) is 1. The summed E-state index contributed by atoms with van der Waals surface area (Å²) < 4.78 is 61.7. The van der Waals surface area contributed by atoms with Crippen molar-refractivity contribution >= 4 is 11.4 Å². The molecule has 1 aromatic carbocycles. The van der Waals surface area contributed by atoms with Gasteiger partial charge in [-0.1, -0.05) is 0 Å². The minimum absolute atomic E-state index is 0.583. The molecule has 1 rings (SSSR count). The predicted octanol–water partition coefficient (Wildman–Crippen LogP) is 3.05. The molecular formula is C9H7F5N2O2. The van der Waals surface area contributed by atoms with Crippen molar-refractivity contribution < 1.29 is 26.9 Å². The molecule has 100 valence electrons. The van der Waals surface area contributed by atoms with Crippen LogP contribution in [0, 0.1) is 15.9 Å². The number of benzene rings is 1. The summed E-state index contributed by atoms with van der Waals surface area (Å²) in [6.07, 6.45) is -3.92. The van der Waals surface area contributed by atoms with Gasteiger partial charge >= 0.3 is 12.3 Å². The van der Waals surface area contributed by atoms with Crippen LogP contribution in [-0.2, 0) is 0 Å². The first kappa shape index (κ1) is 14.1. The van der Waals surface area contributed by atoms with Gasteiger partial charge in [-0.25, -0.2) is 13.2 Å². The van der Waals surface area contributed by atoms with Crippen molar-refractivity contribution in [3.8, 4) is 0 Å². The molecule has 1 N–H and O–H groups in total. The number of hydrogen-bond acceptors (Lipinski definition) is 3. The molecule has 0 spiro atoms. The van der Waals surface area contributed by atoms with Crippen LogP contribution in [0.25, 0.3) is 0 Å². The van der Waals surface area contributed by atoms with E-state index in [4.69, 9.17) is 0 Å². The number of nitro groups is 1. The van der Waals surface area contributed by atoms with E-state index in [1.807, 2.05) is 0 Å². The number of anilines is 1. The lowest BCUT2D eigenvalue weighted by atomic mass is 10.2. The summed E-state index contributed by atoms with van der Waals surface area (Å²) in [6.45, 7) is -1.53. The van der Waals surface area contributed by atoms with Crippen LogP contribution in [0.3, 0.4) is 0 Å². The third-order valence-corrected chi connectivity index (χ3v) is 1.99. The van der Waals surface area contributed by atoms with Gasteiger partial charge in [0.1, 0.15) is 11.5 Å². The van der Waals surface area contributed by atoms with Gasteiger partial charge in [0.2, 0.25) is 0 Å². The summed E-state index contributed by atoms with van der Waals surface area (Å²) in [5, 5.41) is 12.2. The Kier molecular flexibility index (Phi) is 4.04. The van der Waals surface area contributed by atoms with Crippen LogP contribution in [0.5, 0.6) is 0 Å². The molecule has 0 fully saturated rings. The number of rotatable bonds is 5. The average molecular weight is 270 g/mol. The van der Waals surface area contributed by atoms with Crippen LogP contribution in [0.4, 0.5) is 33.3 Å². The fourth-order valence-corrected chi connectivity index (χ4v) is 1.10. The van der Waals surface area contributed by atoms with Gasteiger partial charge in [-0.3, -0.25) is 10.1 Å². The lowest BCUT2D eigenvalue weighted by Gasteiger charge is -2.16. The summed E-state index contributed by atoms with van der Waals surface area (Å²) in [4.78, 5) is 9.56. The maximum atomic E-state index is 12.8. The van der Waals surface area contributed by atoms with Crippen molar-refractivity contribution in [3.05, 3.63) is 34.1 Å². The standard InChI is InChI=1S/C9H7F5N2O2/c10-5-1-2-7(16(17)18)6(3-5)15-4-9(13,14)8(11)12/h1-3,8,15H,4H2. The van der Waals surface area contributed by atoms with E-state index in [0.29, 0.717) is 6.07 Å². The van der Waals surface area contributed by atoms with E-state index in [1.165, 1.54) is 0 Å². The second-order valence-electron chi connectivity index (χ2n) is 3.33. The molecule has 0 aliphatic carbocycles. The highest BCUT2D eigenvalue weighted by molar-refractivity contribution is 5.61. The highest BCUT2D eigenvalue weighted by atomic mass is 19.3. The zero-order valence-corrected chi connectivity index (χ0v) is 8.67. The largest absolute Gasteiger partial charge is 0.373 e. The monoisotopic (exact) mass is 270 g/mol. The Morgan fingerprint density at radius 1 is 1.39 bits per heavy atom. The SMILES string of the molecule is O=[N+]([O-])c1ccc(F)cc1NCC(F)(F)C(F)F. The zero-order valence-electron chi connectivity index (χ0n) is 8.67. The fourth-order valence-electron chi connectivity index (χ4n) is 1.10. The predicted molar refractivity (Wildman–Crippen MR) is 52.5 cm³/mol.